The molecular weight excluding hydrogens is 322 g/mol. The van der Waals surface area contributed by atoms with Crippen LogP contribution in [-0.2, 0) is 6.42 Å². The van der Waals surface area contributed by atoms with Gasteiger partial charge in [0.15, 0.2) is 0 Å². The van der Waals surface area contributed by atoms with E-state index in [0.717, 1.165) is 50.3 Å². The van der Waals surface area contributed by atoms with Gasteiger partial charge in [-0.15, -0.1) is 0 Å². The van der Waals surface area contributed by atoms with Crippen LogP contribution < -0.4 is 0 Å². The number of benzene rings is 1. The minimum Gasteiger partial charge on any atom is -0.339 e. The molecule has 2 aliphatic rings. The number of likely N-dealkylation sites (tertiary alicyclic amines) is 1. The van der Waals surface area contributed by atoms with Gasteiger partial charge in [0.25, 0.3) is 5.91 Å². The Morgan fingerprint density at radius 3 is 2.38 bits per heavy atom. The molecule has 1 amide bonds. The molecule has 2 saturated heterocycles. The number of rotatable bonds is 5. The topological polar surface area (TPSA) is 26.8 Å². The number of aryl methyl sites for hydroxylation is 1. The van der Waals surface area contributed by atoms with Crippen molar-refractivity contribution in [2.45, 2.75) is 45.6 Å². The third-order valence-electron chi connectivity index (χ3n) is 6.10. The Balaban J connectivity index is 1.47. The number of carbonyl (C=O) groups is 1. The van der Waals surface area contributed by atoms with Crippen molar-refractivity contribution < 1.29 is 4.79 Å². The van der Waals surface area contributed by atoms with Crippen molar-refractivity contribution in [2.24, 2.45) is 5.92 Å². The number of piperazine rings is 1. The van der Waals surface area contributed by atoms with Gasteiger partial charge in [0.1, 0.15) is 0 Å². The van der Waals surface area contributed by atoms with Crippen LogP contribution in [-0.4, -0.2) is 73.0 Å². The van der Waals surface area contributed by atoms with Crippen molar-refractivity contribution in [1.82, 2.24) is 14.7 Å². The van der Waals surface area contributed by atoms with Gasteiger partial charge in [-0.1, -0.05) is 25.5 Å². The predicted octanol–water partition coefficient (Wildman–Crippen LogP) is 3.13. The van der Waals surface area contributed by atoms with Crippen LogP contribution in [0, 0.1) is 5.92 Å². The van der Waals surface area contributed by atoms with E-state index in [1.54, 1.807) is 0 Å². The molecule has 0 aromatic heterocycles. The first-order valence-corrected chi connectivity index (χ1v) is 10.4. The van der Waals surface area contributed by atoms with Crippen molar-refractivity contribution in [2.75, 3.05) is 46.3 Å². The summed E-state index contributed by atoms with van der Waals surface area (Å²) >= 11 is 0. The van der Waals surface area contributed by atoms with Crippen LogP contribution in [0.25, 0.3) is 0 Å². The molecule has 0 N–H and O–H groups in total. The fraction of sp³-hybridized carbons (Fsp3) is 0.682. The first-order valence-electron chi connectivity index (χ1n) is 10.4. The summed E-state index contributed by atoms with van der Waals surface area (Å²) in [5, 5.41) is 0. The summed E-state index contributed by atoms with van der Waals surface area (Å²) in [6.45, 7) is 11.1. The van der Waals surface area contributed by atoms with Gasteiger partial charge in [-0.05, 0) is 56.8 Å². The molecule has 144 valence electrons. The molecule has 0 bridgehead atoms. The van der Waals surface area contributed by atoms with Gasteiger partial charge in [0, 0.05) is 50.9 Å². The maximum absolute atomic E-state index is 12.8. The lowest BCUT2D eigenvalue weighted by Gasteiger charge is -2.41. The lowest BCUT2D eigenvalue weighted by molar-refractivity contribution is 0.0556. The molecule has 0 saturated carbocycles. The van der Waals surface area contributed by atoms with Crippen molar-refractivity contribution in [3.63, 3.8) is 0 Å². The number of carbonyl (C=O) groups excluding carboxylic acids is 1. The van der Waals surface area contributed by atoms with Gasteiger partial charge >= 0.3 is 0 Å². The fourth-order valence-corrected chi connectivity index (χ4v) is 4.38. The molecule has 0 aliphatic carbocycles. The van der Waals surface area contributed by atoms with Crippen LogP contribution >= 0.6 is 0 Å². The molecule has 2 heterocycles. The number of hydrogen-bond donors (Lipinski definition) is 0. The van der Waals surface area contributed by atoms with Crippen LogP contribution in [0.4, 0.5) is 0 Å². The molecule has 1 aromatic carbocycles. The molecule has 26 heavy (non-hydrogen) atoms. The highest BCUT2D eigenvalue weighted by Gasteiger charge is 2.28. The molecule has 1 atom stereocenters. The van der Waals surface area contributed by atoms with Gasteiger partial charge in [-0.2, -0.15) is 0 Å². The van der Waals surface area contributed by atoms with Crippen LogP contribution in [0.1, 0.15) is 49.0 Å². The van der Waals surface area contributed by atoms with E-state index >= 15 is 0 Å². The van der Waals surface area contributed by atoms with Crippen molar-refractivity contribution in [1.29, 1.82) is 0 Å². The molecule has 0 spiro atoms. The summed E-state index contributed by atoms with van der Waals surface area (Å²) in [4.78, 5) is 19.9. The lowest BCUT2D eigenvalue weighted by atomic mass is 9.94. The van der Waals surface area contributed by atoms with Crippen molar-refractivity contribution >= 4 is 5.91 Å². The highest BCUT2D eigenvalue weighted by Crippen LogP contribution is 2.22. The smallest absolute Gasteiger partial charge is 0.253 e. The van der Waals surface area contributed by atoms with E-state index in [4.69, 9.17) is 0 Å². The molecule has 1 aromatic rings. The Kier molecular flexibility index (Phi) is 6.71. The van der Waals surface area contributed by atoms with Gasteiger partial charge in [0.2, 0.25) is 0 Å². The predicted molar refractivity (Wildman–Crippen MR) is 108 cm³/mol. The summed E-state index contributed by atoms with van der Waals surface area (Å²) < 4.78 is 0. The molecule has 2 fully saturated rings. The zero-order valence-electron chi connectivity index (χ0n) is 16.8. The summed E-state index contributed by atoms with van der Waals surface area (Å²) in [5.74, 6) is 0.941. The van der Waals surface area contributed by atoms with Crippen LogP contribution in [0.15, 0.2) is 24.3 Å². The van der Waals surface area contributed by atoms with Crippen LogP contribution in [0.2, 0.25) is 0 Å². The Hall–Kier alpha value is -1.39. The zero-order chi connectivity index (χ0) is 18.5. The Bertz CT molecular complexity index is 578. The average Bonchev–Trinajstić information content (AvgIpc) is 2.65. The van der Waals surface area contributed by atoms with E-state index in [0.29, 0.717) is 6.04 Å². The summed E-state index contributed by atoms with van der Waals surface area (Å²) in [6.07, 6.45) is 4.51. The van der Waals surface area contributed by atoms with Gasteiger partial charge in [0.05, 0.1) is 0 Å². The van der Waals surface area contributed by atoms with Crippen molar-refractivity contribution in [3.05, 3.63) is 35.4 Å². The minimum atomic E-state index is 0.208. The van der Waals surface area contributed by atoms with Gasteiger partial charge in [-0.3, -0.25) is 9.69 Å². The fourth-order valence-electron chi connectivity index (χ4n) is 4.38. The molecule has 3 rings (SSSR count). The average molecular weight is 358 g/mol. The molecule has 0 radical (unpaired) electrons. The maximum atomic E-state index is 12.8. The third kappa shape index (κ3) is 4.86. The minimum absolute atomic E-state index is 0.208. The first-order chi connectivity index (χ1) is 12.6. The van der Waals surface area contributed by atoms with E-state index in [9.17, 15) is 4.79 Å². The summed E-state index contributed by atoms with van der Waals surface area (Å²) in [7, 11) is 2.22. The normalized spacial score (nSPS) is 23.3. The SMILES string of the molecule is CCCc1ccc(C(=O)N2CCC(CN3CCN(C)C[C@H]3C)CC2)cc1. The number of amides is 1. The third-order valence-corrected chi connectivity index (χ3v) is 6.10. The maximum Gasteiger partial charge on any atom is 0.253 e. The number of hydrogen-bond acceptors (Lipinski definition) is 3. The highest BCUT2D eigenvalue weighted by molar-refractivity contribution is 5.94. The summed E-state index contributed by atoms with van der Waals surface area (Å²) in [5.41, 5.74) is 2.17. The zero-order valence-corrected chi connectivity index (χ0v) is 16.8. The van der Waals surface area contributed by atoms with Crippen molar-refractivity contribution in [3.8, 4) is 0 Å². The van der Waals surface area contributed by atoms with E-state index in [1.165, 1.54) is 31.7 Å². The van der Waals surface area contributed by atoms with Crippen LogP contribution in [0.3, 0.4) is 0 Å². The van der Waals surface area contributed by atoms with Crippen LogP contribution in [0.5, 0.6) is 0 Å². The summed E-state index contributed by atoms with van der Waals surface area (Å²) in [6, 6.07) is 8.88. The molecule has 4 nitrogen and oxygen atoms in total. The van der Waals surface area contributed by atoms with E-state index in [2.05, 4.69) is 47.7 Å². The molecular formula is C22H35N3O. The molecule has 2 aliphatic heterocycles. The number of nitrogens with zero attached hydrogens (tertiary/aromatic N) is 3. The second-order valence-corrected chi connectivity index (χ2v) is 8.29. The Morgan fingerprint density at radius 1 is 1.08 bits per heavy atom. The largest absolute Gasteiger partial charge is 0.339 e. The first kappa shape index (κ1) is 19.4. The quantitative estimate of drug-likeness (QED) is 0.810. The molecule has 0 unspecified atom stereocenters. The van der Waals surface area contributed by atoms with Gasteiger partial charge < -0.3 is 9.80 Å². The second kappa shape index (κ2) is 9.01. The standard InChI is InChI=1S/C22H35N3O/c1-4-5-19-6-8-21(9-7-19)22(26)24-12-10-20(11-13-24)17-25-15-14-23(3)16-18(25)2/h6-9,18,20H,4-5,10-17H2,1-3H3/t18-/m1/s1. The van der Waals surface area contributed by atoms with Gasteiger partial charge in [-0.25, -0.2) is 0 Å². The van der Waals surface area contributed by atoms with E-state index in [1.807, 2.05) is 12.1 Å². The highest BCUT2D eigenvalue weighted by atomic mass is 16.2. The number of likely N-dealkylation sites (N-methyl/N-ethyl adjacent to an activating group) is 1. The van der Waals surface area contributed by atoms with E-state index < -0.39 is 0 Å². The second-order valence-electron chi connectivity index (χ2n) is 8.29. The monoisotopic (exact) mass is 357 g/mol. The van der Waals surface area contributed by atoms with E-state index in [-0.39, 0.29) is 5.91 Å². The number of piperidine rings is 1. The lowest BCUT2D eigenvalue weighted by Crippen LogP contribution is -2.52. The molecule has 4 heteroatoms. The Morgan fingerprint density at radius 2 is 1.77 bits per heavy atom. The Labute approximate surface area is 159 Å².